The number of hydrogen-bond donors (Lipinski definition) is 0. The molecule has 0 N–H and O–H groups in total. The molecule has 38 heavy (non-hydrogen) atoms. The summed E-state index contributed by atoms with van der Waals surface area (Å²) in [6.07, 6.45) is 5.74. The third kappa shape index (κ3) is 3.52. The molecule has 0 fully saturated rings. The van der Waals surface area contributed by atoms with E-state index in [-0.39, 0.29) is 0 Å². The summed E-state index contributed by atoms with van der Waals surface area (Å²) in [5.41, 5.74) is 9.12. The van der Waals surface area contributed by atoms with Gasteiger partial charge in [0.2, 0.25) is 0 Å². The standard InChI is InChI=1S/C35H24N2S/c1-3-28-30-21-25(26-16-18-34-31(22-26)29-14-9-19-36-35(29)38-34)15-17-33(30)37(32(28)4-2)27-13-8-12-24(20-27)23-10-6-5-7-11-23/h3-22H,1-2H2. The van der Waals surface area contributed by atoms with Gasteiger partial charge < -0.3 is 4.57 Å². The molecule has 180 valence electrons. The van der Waals surface area contributed by atoms with Crippen LogP contribution in [0, 0.1) is 0 Å². The summed E-state index contributed by atoms with van der Waals surface area (Å²) in [6.45, 7) is 8.33. The van der Waals surface area contributed by atoms with Crippen molar-refractivity contribution in [1.29, 1.82) is 0 Å². The molecule has 3 heterocycles. The minimum Gasteiger partial charge on any atom is -0.309 e. The molecule has 0 saturated heterocycles. The van der Waals surface area contributed by atoms with E-state index >= 15 is 0 Å². The molecule has 0 atom stereocenters. The van der Waals surface area contributed by atoms with Gasteiger partial charge in [0.05, 0.1) is 11.2 Å². The molecule has 0 bridgehead atoms. The predicted molar refractivity (Wildman–Crippen MR) is 165 cm³/mol. The fraction of sp³-hybridized carbons (Fsp3) is 0. The lowest BCUT2D eigenvalue weighted by atomic mass is 10.0. The van der Waals surface area contributed by atoms with E-state index in [9.17, 15) is 0 Å². The molecule has 0 aliphatic carbocycles. The molecule has 0 saturated carbocycles. The van der Waals surface area contributed by atoms with Crippen molar-refractivity contribution >= 4 is 54.7 Å². The van der Waals surface area contributed by atoms with Crippen molar-refractivity contribution in [3.8, 4) is 27.9 Å². The maximum Gasteiger partial charge on any atom is 0.124 e. The predicted octanol–water partition coefficient (Wildman–Crippen LogP) is 10.0. The van der Waals surface area contributed by atoms with Crippen LogP contribution in [0.4, 0.5) is 0 Å². The molecule has 2 nitrogen and oxygen atoms in total. The van der Waals surface area contributed by atoms with Crippen molar-refractivity contribution in [1.82, 2.24) is 9.55 Å². The van der Waals surface area contributed by atoms with Gasteiger partial charge in [0.15, 0.2) is 0 Å². The van der Waals surface area contributed by atoms with Gasteiger partial charge in [-0.15, -0.1) is 11.3 Å². The molecule has 7 rings (SSSR count). The molecule has 0 unspecified atom stereocenters. The Kier molecular flexibility index (Phi) is 5.31. The number of pyridine rings is 1. The van der Waals surface area contributed by atoms with Gasteiger partial charge in [-0.3, -0.25) is 0 Å². The lowest BCUT2D eigenvalue weighted by molar-refractivity contribution is 1.11. The zero-order valence-corrected chi connectivity index (χ0v) is 21.6. The third-order valence-corrected chi connectivity index (χ3v) is 8.33. The summed E-state index contributed by atoms with van der Waals surface area (Å²) in [5.74, 6) is 0. The Labute approximate surface area is 225 Å². The molecule has 0 aliphatic heterocycles. The minimum atomic E-state index is 1.04. The van der Waals surface area contributed by atoms with Crippen molar-refractivity contribution < 1.29 is 0 Å². The summed E-state index contributed by atoms with van der Waals surface area (Å²) in [6, 6.07) is 36.8. The molecule has 0 aliphatic rings. The van der Waals surface area contributed by atoms with Crippen molar-refractivity contribution in [3.63, 3.8) is 0 Å². The first-order valence-electron chi connectivity index (χ1n) is 12.6. The SMILES string of the molecule is C=Cc1c(C=C)n(-c2cccc(-c3ccccc3)c2)c2ccc(-c3ccc4sc5ncccc5c4c3)cc12. The highest BCUT2D eigenvalue weighted by atomic mass is 32.1. The van der Waals surface area contributed by atoms with Crippen LogP contribution in [-0.4, -0.2) is 9.55 Å². The normalized spacial score (nSPS) is 11.4. The van der Waals surface area contributed by atoms with E-state index in [0.717, 1.165) is 32.7 Å². The summed E-state index contributed by atoms with van der Waals surface area (Å²) in [7, 11) is 0. The van der Waals surface area contributed by atoms with Gasteiger partial charge >= 0.3 is 0 Å². The highest BCUT2D eigenvalue weighted by Gasteiger charge is 2.16. The van der Waals surface area contributed by atoms with Gasteiger partial charge in [0.1, 0.15) is 4.83 Å². The molecule has 0 radical (unpaired) electrons. The fourth-order valence-electron chi connectivity index (χ4n) is 5.45. The lowest BCUT2D eigenvalue weighted by Gasteiger charge is -2.12. The number of nitrogens with zero attached hydrogens (tertiary/aromatic N) is 2. The molecule has 3 heteroatoms. The zero-order valence-electron chi connectivity index (χ0n) is 20.8. The summed E-state index contributed by atoms with van der Waals surface area (Å²) < 4.78 is 3.55. The van der Waals surface area contributed by atoms with Crippen molar-refractivity contribution in [2.45, 2.75) is 0 Å². The van der Waals surface area contributed by atoms with E-state index in [1.54, 1.807) is 11.3 Å². The van der Waals surface area contributed by atoms with Crippen LogP contribution in [0.5, 0.6) is 0 Å². The van der Waals surface area contributed by atoms with Crippen LogP contribution >= 0.6 is 11.3 Å². The monoisotopic (exact) mass is 504 g/mol. The Morgan fingerprint density at radius 2 is 1.39 bits per heavy atom. The van der Waals surface area contributed by atoms with Gasteiger partial charge in [-0.05, 0) is 76.9 Å². The van der Waals surface area contributed by atoms with Gasteiger partial charge in [0, 0.05) is 38.3 Å². The second-order valence-corrected chi connectivity index (χ2v) is 10.4. The molecule has 3 aromatic heterocycles. The maximum absolute atomic E-state index is 4.56. The van der Waals surface area contributed by atoms with Crippen molar-refractivity contribution in [2.75, 3.05) is 0 Å². The molecule has 0 spiro atoms. The van der Waals surface area contributed by atoms with Crippen molar-refractivity contribution in [2.24, 2.45) is 0 Å². The average Bonchev–Trinajstić information content (AvgIpc) is 3.52. The van der Waals surface area contributed by atoms with Gasteiger partial charge in [-0.2, -0.15) is 0 Å². The first-order chi connectivity index (χ1) is 18.7. The second-order valence-electron chi connectivity index (χ2n) is 9.36. The lowest BCUT2D eigenvalue weighted by Crippen LogP contribution is -1.97. The van der Waals surface area contributed by atoms with Gasteiger partial charge in [-0.25, -0.2) is 4.98 Å². The molecule has 4 aromatic carbocycles. The van der Waals surface area contributed by atoms with Crippen LogP contribution in [0.2, 0.25) is 0 Å². The van der Waals surface area contributed by atoms with E-state index in [1.165, 1.54) is 37.7 Å². The first kappa shape index (κ1) is 22.5. The smallest absolute Gasteiger partial charge is 0.124 e. The van der Waals surface area contributed by atoms with E-state index in [1.807, 2.05) is 30.5 Å². The maximum atomic E-state index is 4.56. The highest BCUT2D eigenvalue weighted by Crippen LogP contribution is 2.38. The van der Waals surface area contributed by atoms with Gasteiger partial charge in [0.25, 0.3) is 0 Å². The number of fused-ring (bicyclic) bond motifs is 4. The van der Waals surface area contributed by atoms with E-state index in [0.29, 0.717) is 0 Å². The zero-order chi connectivity index (χ0) is 25.6. The Bertz CT molecular complexity index is 2010. The van der Waals surface area contributed by atoms with Crippen LogP contribution in [0.25, 0.3) is 71.3 Å². The quantitative estimate of drug-likeness (QED) is 0.228. The first-order valence-corrected chi connectivity index (χ1v) is 13.4. The van der Waals surface area contributed by atoms with E-state index in [4.69, 9.17) is 0 Å². The van der Waals surface area contributed by atoms with Gasteiger partial charge in [-0.1, -0.05) is 73.8 Å². The van der Waals surface area contributed by atoms with Crippen LogP contribution < -0.4 is 0 Å². The summed E-state index contributed by atoms with van der Waals surface area (Å²) >= 11 is 1.74. The Hall–Kier alpha value is -4.73. The van der Waals surface area contributed by atoms with Crippen LogP contribution in [-0.2, 0) is 0 Å². The number of benzene rings is 4. The summed E-state index contributed by atoms with van der Waals surface area (Å²) in [5, 5.41) is 3.62. The van der Waals surface area contributed by atoms with E-state index < -0.39 is 0 Å². The average molecular weight is 505 g/mol. The Balaban J connectivity index is 1.41. The topological polar surface area (TPSA) is 17.8 Å². The molecule has 0 amide bonds. The Morgan fingerprint density at radius 1 is 0.632 bits per heavy atom. The van der Waals surface area contributed by atoms with Crippen LogP contribution in [0.3, 0.4) is 0 Å². The number of hydrogen-bond acceptors (Lipinski definition) is 2. The Morgan fingerprint density at radius 3 is 2.21 bits per heavy atom. The van der Waals surface area contributed by atoms with E-state index in [2.05, 4.69) is 114 Å². The largest absolute Gasteiger partial charge is 0.309 e. The molecular formula is C35H24N2S. The molecular weight excluding hydrogens is 480 g/mol. The number of thiophene rings is 1. The number of aromatic nitrogens is 2. The molecule has 7 aromatic rings. The summed E-state index contributed by atoms with van der Waals surface area (Å²) in [4.78, 5) is 5.63. The fourth-order valence-corrected chi connectivity index (χ4v) is 6.48. The third-order valence-electron chi connectivity index (χ3n) is 7.23. The van der Waals surface area contributed by atoms with Crippen LogP contribution in [0.15, 0.2) is 122 Å². The minimum absolute atomic E-state index is 1.04. The van der Waals surface area contributed by atoms with Crippen molar-refractivity contribution in [3.05, 3.63) is 134 Å². The highest BCUT2D eigenvalue weighted by molar-refractivity contribution is 7.25. The number of rotatable bonds is 5. The van der Waals surface area contributed by atoms with Crippen LogP contribution in [0.1, 0.15) is 11.3 Å². The second kappa shape index (κ2) is 8.98.